The summed E-state index contributed by atoms with van der Waals surface area (Å²) in [5.41, 5.74) is 0.369. The molecule has 1 amide bonds. The van der Waals surface area contributed by atoms with Crippen LogP contribution in [0.3, 0.4) is 0 Å². The van der Waals surface area contributed by atoms with E-state index in [1.165, 1.54) is 0 Å². The molecule has 1 atom stereocenters. The van der Waals surface area contributed by atoms with Gasteiger partial charge in [-0.15, -0.1) is 0 Å². The lowest BCUT2D eigenvalue weighted by molar-refractivity contribution is -0.124. The third-order valence-electron chi connectivity index (χ3n) is 2.52. The van der Waals surface area contributed by atoms with Crippen LogP contribution in [-0.4, -0.2) is 12.5 Å². The second-order valence-corrected chi connectivity index (χ2v) is 3.44. The van der Waals surface area contributed by atoms with Gasteiger partial charge in [0.1, 0.15) is 0 Å². The lowest BCUT2D eigenvalue weighted by Gasteiger charge is -2.32. The molecule has 1 fully saturated rings. The zero-order chi connectivity index (χ0) is 7.61. The lowest BCUT2D eigenvalue weighted by Crippen LogP contribution is -2.41. The van der Waals surface area contributed by atoms with Gasteiger partial charge in [0.2, 0.25) is 5.91 Å². The number of carbonyl (C=O) groups excluding carboxylic acids is 1. The molecule has 0 aromatic rings. The largest absolute Gasteiger partial charge is 0.356 e. The predicted molar refractivity (Wildman–Crippen MR) is 40.6 cm³/mol. The minimum atomic E-state index is 0.214. The highest BCUT2D eigenvalue weighted by molar-refractivity contribution is 5.76. The predicted octanol–water partition coefficient (Wildman–Crippen LogP) is 1.31. The molecular weight excluding hydrogens is 126 g/mol. The summed E-state index contributed by atoms with van der Waals surface area (Å²) >= 11 is 0. The Morgan fingerprint density at radius 3 is 2.80 bits per heavy atom. The van der Waals surface area contributed by atoms with E-state index in [1.807, 2.05) is 0 Å². The molecule has 1 aliphatic heterocycles. The standard InChI is InChI=1S/C8H15NO/c1-3-8(2)5-4-7(10)9-6-8/h3-6H2,1-2H3,(H,9,10). The van der Waals surface area contributed by atoms with Crippen LogP contribution < -0.4 is 5.32 Å². The first-order valence-corrected chi connectivity index (χ1v) is 3.93. The number of hydrogen-bond acceptors (Lipinski definition) is 1. The van der Waals surface area contributed by atoms with E-state index in [0.29, 0.717) is 11.8 Å². The van der Waals surface area contributed by atoms with Gasteiger partial charge in [0, 0.05) is 13.0 Å². The van der Waals surface area contributed by atoms with Gasteiger partial charge in [0.25, 0.3) is 0 Å². The van der Waals surface area contributed by atoms with Crippen LogP contribution in [0.5, 0.6) is 0 Å². The topological polar surface area (TPSA) is 29.1 Å². The molecule has 0 bridgehead atoms. The van der Waals surface area contributed by atoms with Gasteiger partial charge in [-0.25, -0.2) is 0 Å². The Balaban J connectivity index is 2.46. The van der Waals surface area contributed by atoms with E-state index in [9.17, 15) is 4.79 Å². The maximum atomic E-state index is 10.8. The van der Waals surface area contributed by atoms with Crippen molar-refractivity contribution >= 4 is 5.91 Å². The van der Waals surface area contributed by atoms with E-state index in [-0.39, 0.29) is 5.91 Å². The Morgan fingerprint density at radius 1 is 1.70 bits per heavy atom. The van der Waals surface area contributed by atoms with E-state index in [2.05, 4.69) is 19.2 Å². The summed E-state index contributed by atoms with van der Waals surface area (Å²) < 4.78 is 0. The zero-order valence-corrected chi connectivity index (χ0v) is 6.74. The summed E-state index contributed by atoms with van der Waals surface area (Å²) in [7, 11) is 0. The maximum Gasteiger partial charge on any atom is 0.220 e. The van der Waals surface area contributed by atoms with Gasteiger partial charge in [0.15, 0.2) is 0 Å². The number of hydrogen-bond donors (Lipinski definition) is 1. The summed E-state index contributed by atoms with van der Waals surface area (Å²) in [6.07, 6.45) is 2.92. The Bertz CT molecular complexity index is 132. The van der Waals surface area contributed by atoms with Gasteiger partial charge in [-0.3, -0.25) is 4.79 Å². The van der Waals surface area contributed by atoms with E-state index < -0.39 is 0 Å². The van der Waals surface area contributed by atoms with Crippen molar-refractivity contribution in [1.29, 1.82) is 0 Å². The number of carbonyl (C=O) groups is 1. The summed E-state index contributed by atoms with van der Waals surface area (Å²) in [6.45, 7) is 5.27. The average Bonchev–Trinajstić information content (AvgIpc) is 1.96. The van der Waals surface area contributed by atoms with Crippen LogP contribution >= 0.6 is 0 Å². The molecule has 1 heterocycles. The van der Waals surface area contributed by atoms with Crippen LogP contribution in [0.4, 0.5) is 0 Å². The fourth-order valence-electron chi connectivity index (χ4n) is 1.21. The molecule has 1 unspecified atom stereocenters. The van der Waals surface area contributed by atoms with Crippen molar-refractivity contribution in [3.8, 4) is 0 Å². The van der Waals surface area contributed by atoms with E-state index in [0.717, 1.165) is 19.4 Å². The van der Waals surface area contributed by atoms with Gasteiger partial charge in [-0.2, -0.15) is 0 Å². The Kier molecular flexibility index (Phi) is 1.97. The van der Waals surface area contributed by atoms with Crippen molar-refractivity contribution in [2.24, 2.45) is 5.41 Å². The summed E-state index contributed by atoms with van der Waals surface area (Å²) in [6, 6.07) is 0. The Labute approximate surface area is 62.0 Å². The summed E-state index contributed by atoms with van der Waals surface area (Å²) in [5.74, 6) is 0.214. The highest BCUT2D eigenvalue weighted by atomic mass is 16.1. The van der Waals surface area contributed by atoms with E-state index in [4.69, 9.17) is 0 Å². The minimum Gasteiger partial charge on any atom is -0.356 e. The molecule has 0 aromatic carbocycles. The minimum absolute atomic E-state index is 0.214. The molecular formula is C8H15NO. The fraction of sp³-hybridized carbons (Fsp3) is 0.875. The third-order valence-corrected chi connectivity index (χ3v) is 2.52. The lowest BCUT2D eigenvalue weighted by atomic mass is 9.80. The number of piperidine rings is 1. The van der Waals surface area contributed by atoms with Crippen molar-refractivity contribution in [2.75, 3.05) is 6.54 Å². The van der Waals surface area contributed by atoms with Gasteiger partial charge in [0.05, 0.1) is 0 Å². The molecule has 1 saturated heterocycles. The van der Waals surface area contributed by atoms with Crippen LogP contribution in [0.1, 0.15) is 33.1 Å². The quantitative estimate of drug-likeness (QED) is 0.586. The molecule has 1 aliphatic rings. The van der Waals surface area contributed by atoms with Crippen molar-refractivity contribution in [1.82, 2.24) is 5.32 Å². The molecule has 0 aliphatic carbocycles. The molecule has 2 heteroatoms. The van der Waals surface area contributed by atoms with Crippen LogP contribution in [0.15, 0.2) is 0 Å². The average molecular weight is 141 g/mol. The fourth-order valence-corrected chi connectivity index (χ4v) is 1.21. The van der Waals surface area contributed by atoms with E-state index in [1.54, 1.807) is 0 Å². The number of nitrogens with one attached hydrogen (secondary N) is 1. The number of amides is 1. The second kappa shape index (κ2) is 2.60. The first-order chi connectivity index (χ1) is 4.66. The molecule has 0 saturated carbocycles. The van der Waals surface area contributed by atoms with Crippen LogP contribution in [0.25, 0.3) is 0 Å². The molecule has 0 radical (unpaired) electrons. The highest BCUT2D eigenvalue weighted by Gasteiger charge is 2.27. The Hall–Kier alpha value is -0.530. The molecule has 58 valence electrons. The van der Waals surface area contributed by atoms with E-state index >= 15 is 0 Å². The first-order valence-electron chi connectivity index (χ1n) is 3.93. The van der Waals surface area contributed by atoms with Gasteiger partial charge in [-0.1, -0.05) is 13.8 Å². The summed E-state index contributed by atoms with van der Waals surface area (Å²) in [4.78, 5) is 10.8. The Morgan fingerprint density at radius 2 is 2.40 bits per heavy atom. The van der Waals surface area contributed by atoms with Gasteiger partial charge in [-0.05, 0) is 18.3 Å². The SMILES string of the molecule is CCC1(C)CCC(=O)NC1. The zero-order valence-electron chi connectivity index (χ0n) is 6.74. The number of rotatable bonds is 1. The van der Waals surface area contributed by atoms with Gasteiger partial charge < -0.3 is 5.32 Å². The molecule has 10 heavy (non-hydrogen) atoms. The van der Waals surface area contributed by atoms with Crippen LogP contribution in [0, 0.1) is 5.41 Å². The molecule has 0 spiro atoms. The highest BCUT2D eigenvalue weighted by Crippen LogP contribution is 2.28. The second-order valence-electron chi connectivity index (χ2n) is 3.44. The maximum absolute atomic E-state index is 10.8. The normalized spacial score (nSPS) is 33.6. The van der Waals surface area contributed by atoms with Crippen molar-refractivity contribution in [2.45, 2.75) is 33.1 Å². The van der Waals surface area contributed by atoms with Crippen molar-refractivity contribution < 1.29 is 4.79 Å². The molecule has 2 nitrogen and oxygen atoms in total. The van der Waals surface area contributed by atoms with Gasteiger partial charge >= 0.3 is 0 Å². The van der Waals surface area contributed by atoms with Crippen LogP contribution in [-0.2, 0) is 4.79 Å². The third kappa shape index (κ3) is 1.49. The monoisotopic (exact) mass is 141 g/mol. The molecule has 1 rings (SSSR count). The summed E-state index contributed by atoms with van der Waals surface area (Å²) in [5, 5.41) is 2.88. The molecule has 0 aromatic heterocycles. The first kappa shape index (κ1) is 7.58. The smallest absolute Gasteiger partial charge is 0.220 e. The van der Waals surface area contributed by atoms with Crippen molar-refractivity contribution in [3.05, 3.63) is 0 Å². The van der Waals surface area contributed by atoms with Crippen LogP contribution in [0.2, 0.25) is 0 Å². The molecule has 1 N–H and O–H groups in total. The van der Waals surface area contributed by atoms with Crippen molar-refractivity contribution in [3.63, 3.8) is 0 Å².